The van der Waals surface area contributed by atoms with Gasteiger partial charge in [0.05, 0.1) is 31.5 Å². The molecule has 1 N–H and O–H groups in total. The van der Waals surface area contributed by atoms with Crippen molar-refractivity contribution in [2.24, 2.45) is 0 Å². The maximum Gasteiger partial charge on any atom is 0.360 e. The van der Waals surface area contributed by atoms with Gasteiger partial charge in [-0.2, -0.15) is 0 Å². The molecule has 0 spiro atoms. The highest BCUT2D eigenvalue weighted by Gasteiger charge is 2.30. The molecule has 2 aliphatic heterocycles. The fraction of sp³-hybridized carbons (Fsp3) is 0.769. The molecule has 0 radical (unpaired) electrons. The zero-order chi connectivity index (χ0) is 13.9. The third kappa shape index (κ3) is 2.55. The third-order valence-corrected chi connectivity index (χ3v) is 3.94. The Morgan fingerprint density at radius 2 is 2.40 bits per heavy atom. The normalized spacial score (nSPS) is 26.1. The second-order valence-electron chi connectivity index (χ2n) is 5.28. The van der Waals surface area contributed by atoms with E-state index in [1.54, 1.807) is 0 Å². The molecule has 1 aromatic heterocycles. The van der Waals surface area contributed by atoms with Crippen LogP contribution in [0.15, 0.2) is 0 Å². The number of carbonyl (C=O) groups is 1. The minimum Gasteiger partial charge on any atom is -0.464 e. The highest BCUT2D eigenvalue weighted by molar-refractivity contribution is 5.88. The molecular weight excluding hydrogens is 260 g/mol. The van der Waals surface area contributed by atoms with Gasteiger partial charge in [0.25, 0.3) is 0 Å². The van der Waals surface area contributed by atoms with Crippen LogP contribution in [0.1, 0.15) is 47.9 Å². The molecule has 0 aromatic carbocycles. The molecule has 20 heavy (non-hydrogen) atoms. The van der Waals surface area contributed by atoms with Crippen LogP contribution in [0.4, 0.5) is 0 Å². The van der Waals surface area contributed by atoms with E-state index >= 15 is 0 Å². The minimum atomic E-state index is -0.424. The Morgan fingerprint density at radius 1 is 1.50 bits per heavy atom. The average molecular weight is 280 g/mol. The number of hydrogen-bond donors (Lipinski definition) is 1. The van der Waals surface area contributed by atoms with Crippen molar-refractivity contribution in [3.63, 3.8) is 0 Å². The van der Waals surface area contributed by atoms with Crippen LogP contribution in [0.25, 0.3) is 0 Å². The Hall–Kier alpha value is -1.47. The molecule has 2 fully saturated rings. The number of carbonyl (C=O) groups excluding carboxylic acids is 1. The number of nitrogens with one attached hydrogen (secondary N) is 1. The number of aromatic nitrogens is 3. The van der Waals surface area contributed by atoms with E-state index < -0.39 is 5.97 Å². The lowest BCUT2D eigenvalue weighted by Crippen LogP contribution is -2.24. The zero-order valence-corrected chi connectivity index (χ0v) is 11.7. The van der Waals surface area contributed by atoms with Gasteiger partial charge >= 0.3 is 5.97 Å². The van der Waals surface area contributed by atoms with Gasteiger partial charge in [-0.15, -0.1) is 5.10 Å². The molecule has 0 bridgehead atoms. The Bertz CT molecular complexity index is 476. The molecule has 7 nitrogen and oxygen atoms in total. The van der Waals surface area contributed by atoms with Crippen LogP contribution in [0.5, 0.6) is 0 Å². The first kappa shape index (κ1) is 13.5. The van der Waals surface area contributed by atoms with Gasteiger partial charge < -0.3 is 14.8 Å². The van der Waals surface area contributed by atoms with Gasteiger partial charge in [-0.1, -0.05) is 5.21 Å². The fourth-order valence-corrected chi connectivity index (χ4v) is 2.94. The van der Waals surface area contributed by atoms with Gasteiger partial charge in [0, 0.05) is 6.61 Å². The number of esters is 1. The van der Waals surface area contributed by atoms with Crippen LogP contribution in [0.3, 0.4) is 0 Å². The first-order chi connectivity index (χ1) is 9.79. The van der Waals surface area contributed by atoms with E-state index in [-0.39, 0.29) is 12.1 Å². The quantitative estimate of drug-likeness (QED) is 0.817. The van der Waals surface area contributed by atoms with Crippen molar-refractivity contribution in [3.8, 4) is 0 Å². The van der Waals surface area contributed by atoms with Crippen molar-refractivity contribution in [1.29, 1.82) is 0 Å². The van der Waals surface area contributed by atoms with Crippen molar-refractivity contribution < 1.29 is 14.3 Å². The summed E-state index contributed by atoms with van der Waals surface area (Å²) >= 11 is 0. The molecule has 2 aliphatic rings. The molecule has 110 valence electrons. The molecule has 2 unspecified atom stereocenters. The Morgan fingerprint density at radius 3 is 3.05 bits per heavy atom. The number of rotatable bonds is 4. The van der Waals surface area contributed by atoms with Gasteiger partial charge in [0.15, 0.2) is 5.69 Å². The standard InChI is InChI=1S/C13H20N4O3/c1-19-13(18)11-12(10-5-2-6-14-10)17(16-15-11)8-9-4-3-7-20-9/h9-10,14H,2-8H2,1H3. The Labute approximate surface area is 117 Å². The van der Waals surface area contributed by atoms with Crippen LogP contribution < -0.4 is 5.32 Å². The number of ether oxygens (including phenoxy) is 2. The number of nitrogens with zero attached hydrogens (tertiary/aromatic N) is 3. The fourth-order valence-electron chi connectivity index (χ4n) is 2.94. The molecule has 0 aliphatic carbocycles. The molecule has 2 atom stereocenters. The average Bonchev–Trinajstić information content (AvgIpc) is 3.19. The van der Waals surface area contributed by atoms with Crippen LogP contribution in [-0.2, 0) is 16.0 Å². The SMILES string of the molecule is COC(=O)c1nnn(CC2CCCO2)c1C1CCCN1. The summed E-state index contributed by atoms with van der Waals surface area (Å²) in [5.41, 5.74) is 1.16. The topological polar surface area (TPSA) is 78.3 Å². The molecule has 2 saturated heterocycles. The second kappa shape index (κ2) is 5.88. The lowest BCUT2D eigenvalue weighted by Gasteiger charge is -2.16. The summed E-state index contributed by atoms with van der Waals surface area (Å²) in [5, 5.41) is 11.5. The third-order valence-electron chi connectivity index (χ3n) is 3.94. The van der Waals surface area contributed by atoms with Crippen molar-refractivity contribution in [1.82, 2.24) is 20.3 Å². The highest BCUT2D eigenvalue weighted by Crippen LogP contribution is 2.26. The van der Waals surface area contributed by atoms with Gasteiger partial charge in [-0.3, -0.25) is 0 Å². The minimum absolute atomic E-state index is 0.125. The molecule has 0 amide bonds. The molecule has 7 heteroatoms. The smallest absolute Gasteiger partial charge is 0.360 e. The first-order valence-corrected chi connectivity index (χ1v) is 7.16. The van der Waals surface area contributed by atoms with Gasteiger partial charge in [-0.05, 0) is 32.2 Å². The molecule has 3 rings (SSSR count). The number of hydrogen-bond acceptors (Lipinski definition) is 6. The van der Waals surface area contributed by atoms with Crippen LogP contribution in [-0.4, -0.2) is 47.3 Å². The highest BCUT2D eigenvalue weighted by atomic mass is 16.5. The maximum atomic E-state index is 11.8. The van der Waals surface area contributed by atoms with E-state index in [1.807, 2.05) is 4.68 Å². The summed E-state index contributed by atoms with van der Waals surface area (Å²) in [6.45, 7) is 2.41. The lowest BCUT2D eigenvalue weighted by atomic mass is 10.1. The van der Waals surface area contributed by atoms with E-state index in [2.05, 4.69) is 15.6 Å². The first-order valence-electron chi connectivity index (χ1n) is 7.16. The summed E-state index contributed by atoms with van der Waals surface area (Å²) in [7, 11) is 1.37. The van der Waals surface area contributed by atoms with Crippen molar-refractivity contribution >= 4 is 5.97 Å². The van der Waals surface area contributed by atoms with Crippen LogP contribution >= 0.6 is 0 Å². The van der Waals surface area contributed by atoms with Crippen molar-refractivity contribution in [3.05, 3.63) is 11.4 Å². The molecular formula is C13H20N4O3. The van der Waals surface area contributed by atoms with Gasteiger partial charge in [0.1, 0.15) is 0 Å². The summed E-state index contributed by atoms with van der Waals surface area (Å²) in [4.78, 5) is 11.8. The van der Waals surface area contributed by atoms with Gasteiger partial charge in [-0.25, -0.2) is 9.48 Å². The van der Waals surface area contributed by atoms with Crippen molar-refractivity contribution in [2.75, 3.05) is 20.3 Å². The Balaban J connectivity index is 1.87. The molecule has 3 heterocycles. The summed E-state index contributed by atoms with van der Waals surface area (Å²) in [6.07, 6.45) is 4.37. The van der Waals surface area contributed by atoms with E-state index in [1.165, 1.54) is 7.11 Å². The van der Waals surface area contributed by atoms with Crippen LogP contribution in [0, 0.1) is 0 Å². The Kier molecular flexibility index (Phi) is 3.98. The summed E-state index contributed by atoms with van der Waals surface area (Å²) < 4.78 is 12.3. The van der Waals surface area contributed by atoms with Crippen LogP contribution in [0.2, 0.25) is 0 Å². The van der Waals surface area contributed by atoms with Gasteiger partial charge in [0.2, 0.25) is 0 Å². The molecule has 0 saturated carbocycles. The summed E-state index contributed by atoms with van der Waals surface area (Å²) in [6, 6.07) is 0.125. The largest absolute Gasteiger partial charge is 0.464 e. The maximum absolute atomic E-state index is 11.8. The van der Waals surface area contributed by atoms with Crippen molar-refractivity contribution in [2.45, 2.75) is 44.4 Å². The monoisotopic (exact) mass is 280 g/mol. The van der Waals surface area contributed by atoms with E-state index in [4.69, 9.17) is 9.47 Å². The zero-order valence-electron chi connectivity index (χ0n) is 11.7. The molecule has 1 aromatic rings. The second-order valence-corrected chi connectivity index (χ2v) is 5.28. The van der Waals surface area contributed by atoms with E-state index in [0.717, 1.165) is 44.5 Å². The summed E-state index contributed by atoms with van der Waals surface area (Å²) in [5.74, 6) is -0.424. The predicted octanol–water partition coefficient (Wildman–Crippen LogP) is 0.668. The van der Waals surface area contributed by atoms with E-state index in [9.17, 15) is 4.79 Å². The lowest BCUT2D eigenvalue weighted by molar-refractivity contribution is 0.0591. The predicted molar refractivity (Wildman–Crippen MR) is 70.3 cm³/mol. The number of methoxy groups -OCH3 is 1. The van der Waals surface area contributed by atoms with E-state index in [0.29, 0.717) is 12.2 Å².